The lowest BCUT2D eigenvalue weighted by Crippen LogP contribution is -2.44. The third-order valence-electron chi connectivity index (χ3n) is 4.87. The van der Waals surface area contributed by atoms with Gasteiger partial charge in [0.2, 0.25) is 0 Å². The number of hydrogen-bond acceptors (Lipinski definition) is 1. The van der Waals surface area contributed by atoms with Gasteiger partial charge in [-0.2, -0.15) is 0 Å². The molecule has 3 rings (SSSR count). The van der Waals surface area contributed by atoms with Crippen molar-refractivity contribution in [1.82, 2.24) is 9.47 Å². The van der Waals surface area contributed by atoms with E-state index in [0.29, 0.717) is 0 Å². The standard InChI is InChI=1S/C18H26N2.ClH/c1-15-7-5-8-16(2)20(15)13-6-12-19-14-11-17-9-3-4-10-18(17)19;/h3-4,9-11,14-16H,5-8,12-13H2,1-2H3;1H. The van der Waals surface area contributed by atoms with Crippen molar-refractivity contribution in [2.75, 3.05) is 6.54 Å². The zero-order chi connectivity index (χ0) is 13.9. The Labute approximate surface area is 134 Å². The van der Waals surface area contributed by atoms with Gasteiger partial charge in [0, 0.05) is 36.9 Å². The number of hydrogen-bond donors (Lipinski definition) is 0. The molecule has 116 valence electrons. The second-order valence-corrected chi connectivity index (χ2v) is 6.29. The van der Waals surface area contributed by atoms with Crippen LogP contribution >= 0.6 is 12.4 Å². The number of nitrogens with zero attached hydrogens (tertiary/aromatic N) is 2. The van der Waals surface area contributed by atoms with Gasteiger partial charge in [0.25, 0.3) is 0 Å². The number of aryl methyl sites for hydroxylation is 1. The van der Waals surface area contributed by atoms with E-state index in [1.165, 1.54) is 43.1 Å². The molecule has 1 saturated heterocycles. The van der Waals surface area contributed by atoms with Crippen molar-refractivity contribution < 1.29 is 0 Å². The van der Waals surface area contributed by atoms with Gasteiger partial charge in [-0.15, -0.1) is 12.4 Å². The fourth-order valence-corrected chi connectivity index (χ4v) is 3.67. The highest BCUT2D eigenvalue weighted by molar-refractivity contribution is 5.85. The Hall–Kier alpha value is -0.990. The van der Waals surface area contributed by atoms with E-state index < -0.39 is 0 Å². The summed E-state index contributed by atoms with van der Waals surface area (Å²) < 4.78 is 2.40. The second kappa shape index (κ2) is 7.33. The number of likely N-dealkylation sites (tertiary alicyclic amines) is 1. The molecule has 1 aromatic heterocycles. The quantitative estimate of drug-likeness (QED) is 0.793. The highest BCUT2D eigenvalue weighted by Crippen LogP contribution is 2.23. The molecule has 0 N–H and O–H groups in total. The molecule has 0 saturated carbocycles. The Morgan fingerprint density at radius 1 is 1.00 bits per heavy atom. The van der Waals surface area contributed by atoms with Crippen LogP contribution in [0, 0.1) is 0 Å². The highest BCUT2D eigenvalue weighted by atomic mass is 35.5. The van der Waals surface area contributed by atoms with E-state index in [4.69, 9.17) is 0 Å². The number of piperidine rings is 1. The number of rotatable bonds is 4. The Morgan fingerprint density at radius 3 is 2.48 bits per heavy atom. The zero-order valence-electron chi connectivity index (χ0n) is 13.2. The minimum absolute atomic E-state index is 0. The molecule has 0 spiro atoms. The highest BCUT2D eigenvalue weighted by Gasteiger charge is 2.23. The van der Waals surface area contributed by atoms with Crippen LogP contribution in [0.25, 0.3) is 10.9 Å². The summed E-state index contributed by atoms with van der Waals surface area (Å²) in [6.07, 6.45) is 7.62. The van der Waals surface area contributed by atoms with E-state index in [2.05, 4.69) is 59.8 Å². The predicted octanol–water partition coefficient (Wildman–Crippen LogP) is 4.72. The van der Waals surface area contributed by atoms with Gasteiger partial charge in [0.15, 0.2) is 0 Å². The molecule has 1 aromatic carbocycles. The van der Waals surface area contributed by atoms with E-state index in [9.17, 15) is 0 Å². The van der Waals surface area contributed by atoms with Gasteiger partial charge in [-0.3, -0.25) is 4.90 Å². The first-order valence-corrected chi connectivity index (χ1v) is 8.05. The van der Waals surface area contributed by atoms with Gasteiger partial charge < -0.3 is 4.57 Å². The van der Waals surface area contributed by atoms with Crippen LogP contribution < -0.4 is 0 Å². The van der Waals surface area contributed by atoms with Crippen LogP contribution in [0.4, 0.5) is 0 Å². The molecular formula is C18H27ClN2. The minimum Gasteiger partial charge on any atom is -0.347 e. The Bertz CT molecular complexity index is 553. The van der Waals surface area contributed by atoms with Crippen molar-refractivity contribution in [1.29, 1.82) is 0 Å². The summed E-state index contributed by atoms with van der Waals surface area (Å²) in [5, 5.41) is 1.35. The molecule has 1 aliphatic heterocycles. The molecule has 2 atom stereocenters. The summed E-state index contributed by atoms with van der Waals surface area (Å²) >= 11 is 0. The van der Waals surface area contributed by atoms with Crippen molar-refractivity contribution in [3.63, 3.8) is 0 Å². The van der Waals surface area contributed by atoms with Crippen LogP contribution in [0.2, 0.25) is 0 Å². The fraction of sp³-hybridized carbons (Fsp3) is 0.556. The van der Waals surface area contributed by atoms with E-state index in [1.54, 1.807) is 0 Å². The topological polar surface area (TPSA) is 8.17 Å². The summed E-state index contributed by atoms with van der Waals surface area (Å²) in [5.74, 6) is 0. The molecule has 1 fully saturated rings. The summed E-state index contributed by atoms with van der Waals surface area (Å²) in [7, 11) is 0. The average molecular weight is 307 g/mol. The number of aromatic nitrogens is 1. The van der Waals surface area contributed by atoms with E-state index in [-0.39, 0.29) is 12.4 Å². The molecule has 3 heteroatoms. The molecule has 0 radical (unpaired) electrons. The molecule has 2 aromatic rings. The first-order valence-electron chi connectivity index (χ1n) is 8.05. The van der Waals surface area contributed by atoms with Crippen LogP contribution in [0.1, 0.15) is 39.5 Å². The Morgan fingerprint density at radius 2 is 1.71 bits per heavy atom. The van der Waals surface area contributed by atoms with E-state index in [0.717, 1.165) is 18.6 Å². The molecule has 2 unspecified atom stereocenters. The van der Waals surface area contributed by atoms with Crippen LogP contribution in [0.15, 0.2) is 36.5 Å². The number of para-hydroxylation sites is 1. The summed E-state index contributed by atoms with van der Waals surface area (Å²) in [4.78, 5) is 2.70. The minimum atomic E-state index is 0. The molecular weight excluding hydrogens is 280 g/mol. The van der Waals surface area contributed by atoms with Crippen LogP contribution in [0.3, 0.4) is 0 Å². The van der Waals surface area contributed by atoms with E-state index in [1.807, 2.05) is 0 Å². The van der Waals surface area contributed by atoms with Crippen LogP contribution in [0.5, 0.6) is 0 Å². The molecule has 0 bridgehead atoms. The fourth-order valence-electron chi connectivity index (χ4n) is 3.67. The van der Waals surface area contributed by atoms with Gasteiger partial charge in [0.05, 0.1) is 0 Å². The first-order chi connectivity index (χ1) is 9.75. The van der Waals surface area contributed by atoms with Gasteiger partial charge in [0.1, 0.15) is 0 Å². The van der Waals surface area contributed by atoms with Crippen molar-refractivity contribution in [3.05, 3.63) is 36.5 Å². The van der Waals surface area contributed by atoms with Gasteiger partial charge in [-0.25, -0.2) is 0 Å². The third-order valence-corrected chi connectivity index (χ3v) is 4.87. The van der Waals surface area contributed by atoms with Crippen LogP contribution in [-0.4, -0.2) is 28.1 Å². The lowest BCUT2D eigenvalue weighted by molar-refractivity contribution is 0.101. The lowest BCUT2D eigenvalue weighted by atomic mass is 9.97. The summed E-state index contributed by atoms with van der Waals surface area (Å²) in [5.41, 5.74) is 1.37. The molecule has 2 nitrogen and oxygen atoms in total. The van der Waals surface area contributed by atoms with Crippen LogP contribution in [-0.2, 0) is 6.54 Å². The summed E-state index contributed by atoms with van der Waals surface area (Å²) in [6, 6.07) is 12.4. The van der Waals surface area contributed by atoms with Gasteiger partial charge >= 0.3 is 0 Å². The SMILES string of the molecule is CC1CCCC(C)N1CCCn1ccc2ccccc21.Cl. The monoisotopic (exact) mass is 306 g/mol. The molecule has 2 heterocycles. The largest absolute Gasteiger partial charge is 0.347 e. The second-order valence-electron chi connectivity index (χ2n) is 6.29. The Balaban J connectivity index is 0.00000161. The molecule has 0 amide bonds. The molecule has 1 aliphatic rings. The van der Waals surface area contributed by atoms with Gasteiger partial charge in [-0.1, -0.05) is 24.6 Å². The normalized spacial score (nSPS) is 23.1. The maximum Gasteiger partial charge on any atom is 0.0480 e. The third kappa shape index (κ3) is 3.61. The lowest BCUT2D eigenvalue weighted by Gasteiger charge is -2.39. The number of fused-ring (bicyclic) bond motifs is 1. The molecule has 21 heavy (non-hydrogen) atoms. The summed E-state index contributed by atoms with van der Waals surface area (Å²) in [6.45, 7) is 7.14. The smallest absolute Gasteiger partial charge is 0.0480 e. The molecule has 0 aliphatic carbocycles. The van der Waals surface area contributed by atoms with Gasteiger partial charge in [-0.05, 0) is 50.6 Å². The number of benzene rings is 1. The first kappa shape index (κ1) is 16.4. The maximum absolute atomic E-state index is 2.70. The number of halogens is 1. The predicted molar refractivity (Wildman–Crippen MR) is 93.3 cm³/mol. The van der Waals surface area contributed by atoms with Crippen molar-refractivity contribution in [2.45, 2.75) is 58.2 Å². The van der Waals surface area contributed by atoms with Crippen molar-refractivity contribution >= 4 is 23.3 Å². The van der Waals surface area contributed by atoms with Crippen molar-refractivity contribution in [2.24, 2.45) is 0 Å². The maximum atomic E-state index is 2.70. The van der Waals surface area contributed by atoms with Crippen molar-refractivity contribution in [3.8, 4) is 0 Å². The van der Waals surface area contributed by atoms with E-state index >= 15 is 0 Å². The Kier molecular flexibility index (Phi) is 5.72. The zero-order valence-corrected chi connectivity index (χ0v) is 14.0. The average Bonchev–Trinajstić information content (AvgIpc) is 2.86.